The number of fused-ring (bicyclic) bond motifs is 3. The quantitative estimate of drug-likeness (QED) is 0.578. The van der Waals surface area contributed by atoms with Gasteiger partial charge in [-0.05, 0) is 62.1 Å². The first kappa shape index (κ1) is 18.2. The van der Waals surface area contributed by atoms with Crippen molar-refractivity contribution < 1.29 is 4.74 Å². The number of nitrogens with zero attached hydrogens (tertiary/aromatic N) is 2. The highest BCUT2D eigenvalue weighted by molar-refractivity contribution is 7.18. The minimum absolute atomic E-state index is 0.131. The smallest absolute Gasteiger partial charge is 0.262 e. The van der Waals surface area contributed by atoms with E-state index in [1.807, 2.05) is 18.2 Å². The second-order valence-electron chi connectivity index (χ2n) is 7.60. The highest BCUT2D eigenvalue weighted by atomic mass is 32.1. The minimum atomic E-state index is 0.131. The molecule has 5 heteroatoms. The van der Waals surface area contributed by atoms with Gasteiger partial charge in [0.05, 0.1) is 18.3 Å². The highest BCUT2D eigenvalue weighted by Crippen LogP contribution is 2.35. The fourth-order valence-corrected chi connectivity index (χ4v) is 5.15. The summed E-state index contributed by atoms with van der Waals surface area (Å²) < 4.78 is 7.62. The summed E-state index contributed by atoms with van der Waals surface area (Å²) in [7, 11) is 0. The van der Waals surface area contributed by atoms with Crippen LogP contribution in [0, 0.1) is 12.8 Å². The predicted molar refractivity (Wildman–Crippen MR) is 111 cm³/mol. The van der Waals surface area contributed by atoms with Crippen LogP contribution in [0.5, 0.6) is 5.75 Å². The number of ether oxygens (including phenoxy) is 1. The van der Waals surface area contributed by atoms with Gasteiger partial charge in [0.25, 0.3) is 5.56 Å². The van der Waals surface area contributed by atoms with Crippen LogP contribution < -0.4 is 10.3 Å². The zero-order valence-electron chi connectivity index (χ0n) is 16.0. The third-order valence-electron chi connectivity index (χ3n) is 5.43. The molecule has 0 radical (unpaired) electrons. The van der Waals surface area contributed by atoms with E-state index in [2.05, 4.69) is 24.9 Å². The Kier molecular flexibility index (Phi) is 5.30. The molecule has 2 heterocycles. The summed E-state index contributed by atoms with van der Waals surface area (Å²) in [6, 6.07) is 8.06. The number of para-hydroxylation sites is 1. The molecule has 27 heavy (non-hydrogen) atoms. The molecule has 0 saturated heterocycles. The second kappa shape index (κ2) is 7.85. The van der Waals surface area contributed by atoms with E-state index in [-0.39, 0.29) is 5.56 Å². The van der Waals surface area contributed by atoms with Gasteiger partial charge in [-0.25, -0.2) is 4.98 Å². The van der Waals surface area contributed by atoms with Gasteiger partial charge < -0.3 is 4.74 Å². The second-order valence-corrected chi connectivity index (χ2v) is 8.68. The van der Waals surface area contributed by atoms with E-state index < -0.39 is 0 Å². The van der Waals surface area contributed by atoms with Crippen LogP contribution in [0.2, 0.25) is 0 Å². The Morgan fingerprint density at radius 2 is 2.15 bits per heavy atom. The number of rotatable bonds is 6. The molecule has 0 unspecified atom stereocenters. The topological polar surface area (TPSA) is 44.1 Å². The lowest BCUT2D eigenvalue weighted by atomic mass is 9.89. The summed E-state index contributed by atoms with van der Waals surface area (Å²) >= 11 is 1.71. The van der Waals surface area contributed by atoms with Gasteiger partial charge in [-0.2, -0.15) is 0 Å². The minimum Gasteiger partial charge on any atom is -0.493 e. The highest BCUT2D eigenvalue weighted by Gasteiger charge is 2.23. The number of aromatic nitrogens is 2. The van der Waals surface area contributed by atoms with Crippen LogP contribution >= 0.6 is 11.3 Å². The Bertz CT molecular complexity index is 1010. The summed E-state index contributed by atoms with van der Waals surface area (Å²) in [5.41, 5.74) is 2.55. The number of aryl methyl sites for hydroxylation is 3. The number of hydrogen-bond donors (Lipinski definition) is 0. The Balaban J connectivity index is 1.40. The van der Waals surface area contributed by atoms with Crippen molar-refractivity contribution in [2.24, 2.45) is 5.92 Å². The lowest BCUT2D eigenvalue weighted by molar-refractivity contribution is 0.301. The summed E-state index contributed by atoms with van der Waals surface area (Å²) in [5, 5.41) is 0.876. The van der Waals surface area contributed by atoms with Gasteiger partial charge in [0, 0.05) is 11.4 Å². The zero-order chi connectivity index (χ0) is 18.8. The van der Waals surface area contributed by atoms with Gasteiger partial charge in [0.2, 0.25) is 0 Å². The first-order chi connectivity index (χ1) is 13.1. The molecule has 3 aromatic rings. The maximum Gasteiger partial charge on any atom is 0.262 e. The molecule has 1 aliphatic rings. The average Bonchev–Trinajstić information content (AvgIpc) is 3.02. The van der Waals surface area contributed by atoms with Crippen LogP contribution in [0.3, 0.4) is 0 Å². The maximum atomic E-state index is 13.0. The van der Waals surface area contributed by atoms with Crippen molar-refractivity contribution in [2.45, 2.75) is 52.5 Å². The molecule has 0 fully saturated rings. The van der Waals surface area contributed by atoms with Gasteiger partial charge in [0.15, 0.2) is 0 Å². The first-order valence-corrected chi connectivity index (χ1v) is 10.6. The number of unbranched alkanes of at least 4 members (excludes halogenated alkanes) is 1. The van der Waals surface area contributed by atoms with Crippen molar-refractivity contribution in [1.82, 2.24) is 9.55 Å². The van der Waals surface area contributed by atoms with E-state index in [0.29, 0.717) is 19.1 Å². The average molecular weight is 383 g/mol. The molecule has 0 saturated carbocycles. The Hall–Kier alpha value is -2.14. The third kappa shape index (κ3) is 3.79. The molecule has 2 aromatic heterocycles. The molecular weight excluding hydrogens is 356 g/mol. The molecule has 4 nitrogen and oxygen atoms in total. The predicted octanol–water partition coefficient (Wildman–Crippen LogP) is 4.75. The van der Waals surface area contributed by atoms with E-state index in [1.54, 1.807) is 22.2 Å². The van der Waals surface area contributed by atoms with Gasteiger partial charge in [-0.3, -0.25) is 9.36 Å². The standard InChI is InChI=1S/C22H26N2O2S/c1-15-9-10-17-19(13-15)27-21-20(17)22(25)24(14-23-21)11-5-6-12-26-18-8-4-3-7-16(18)2/h3-4,7-8,14-15H,5-6,9-13H2,1-2H3/t15-/m1/s1. The molecule has 0 spiro atoms. The van der Waals surface area contributed by atoms with Gasteiger partial charge >= 0.3 is 0 Å². The van der Waals surface area contributed by atoms with Gasteiger partial charge in [-0.15, -0.1) is 11.3 Å². The van der Waals surface area contributed by atoms with E-state index in [0.717, 1.165) is 47.2 Å². The molecule has 1 atom stereocenters. The SMILES string of the molecule is Cc1ccccc1OCCCCn1cnc2sc3c(c2c1=O)CC[C@@H](C)C3. The molecule has 1 aromatic carbocycles. The van der Waals surface area contributed by atoms with Crippen molar-refractivity contribution in [2.75, 3.05) is 6.61 Å². The molecule has 142 valence electrons. The van der Waals surface area contributed by atoms with Crippen LogP contribution in [0.4, 0.5) is 0 Å². The molecule has 4 rings (SSSR count). The van der Waals surface area contributed by atoms with E-state index >= 15 is 0 Å². The van der Waals surface area contributed by atoms with Gasteiger partial charge in [0.1, 0.15) is 10.6 Å². The fourth-order valence-electron chi connectivity index (χ4n) is 3.81. The van der Waals surface area contributed by atoms with Crippen LogP contribution in [0.25, 0.3) is 10.2 Å². The first-order valence-electron chi connectivity index (χ1n) is 9.81. The Morgan fingerprint density at radius 1 is 1.30 bits per heavy atom. The summed E-state index contributed by atoms with van der Waals surface area (Å²) in [4.78, 5) is 19.8. The van der Waals surface area contributed by atoms with Gasteiger partial charge in [-0.1, -0.05) is 25.1 Å². The van der Waals surface area contributed by atoms with Crippen molar-refractivity contribution in [3.63, 3.8) is 0 Å². The molecule has 1 aliphatic carbocycles. The molecule has 0 amide bonds. The van der Waals surface area contributed by atoms with Crippen molar-refractivity contribution >= 4 is 21.6 Å². The van der Waals surface area contributed by atoms with Crippen molar-refractivity contribution in [1.29, 1.82) is 0 Å². The number of hydrogen-bond acceptors (Lipinski definition) is 4. The van der Waals surface area contributed by atoms with E-state index in [1.165, 1.54) is 16.9 Å². The summed E-state index contributed by atoms with van der Waals surface area (Å²) in [5.74, 6) is 1.65. The molecule has 0 aliphatic heterocycles. The zero-order valence-corrected chi connectivity index (χ0v) is 16.8. The maximum absolute atomic E-state index is 13.0. The lowest BCUT2D eigenvalue weighted by Gasteiger charge is -2.17. The van der Waals surface area contributed by atoms with Crippen LogP contribution in [0.15, 0.2) is 35.4 Å². The fraction of sp³-hybridized carbons (Fsp3) is 0.455. The van der Waals surface area contributed by atoms with E-state index in [9.17, 15) is 4.79 Å². The van der Waals surface area contributed by atoms with Crippen LogP contribution in [-0.2, 0) is 19.4 Å². The van der Waals surface area contributed by atoms with Crippen molar-refractivity contribution in [3.8, 4) is 5.75 Å². The van der Waals surface area contributed by atoms with Crippen molar-refractivity contribution in [3.05, 3.63) is 57.0 Å². The Labute approximate surface area is 163 Å². The normalized spacial score (nSPS) is 16.4. The lowest BCUT2D eigenvalue weighted by Crippen LogP contribution is -2.22. The Morgan fingerprint density at radius 3 is 3.00 bits per heavy atom. The largest absolute Gasteiger partial charge is 0.493 e. The summed E-state index contributed by atoms with van der Waals surface area (Å²) in [6.07, 6.45) is 6.82. The monoisotopic (exact) mass is 382 g/mol. The molecule has 0 N–H and O–H groups in total. The van der Waals surface area contributed by atoms with Crippen LogP contribution in [0.1, 0.15) is 42.2 Å². The molecule has 0 bridgehead atoms. The van der Waals surface area contributed by atoms with E-state index in [4.69, 9.17) is 4.74 Å². The molecular formula is C22H26N2O2S. The summed E-state index contributed by atoms with van der Waals surface area (Å²) in [6.45, 7) is 5.71. The van der Waals surface area contributed by atoms with Crippen LogP contribution in [-0.4, -0.2) is 16.2 Å². The number of benzene rings is 1. The third-order valence-corrected chi connectivity index (χ3v) is 6.59. The number of thiophene rings is 1.